The third-order valence-electron chi connectivity index (χ3n) is 2.49. The first-order valence-corrected chi connectivity index (χ1v) is 7.24. The van der Waals surface area contributed by atoms with Gasteiger partial charge in [-0.2, -0.15) is 0 Å². The number of aromatic nitrogens is 1. The molecule has 0 aliphatic rings. The van der Waals surface area contributed by atoms with Crippen molar-refractivity contribution in [3.05, 3.63) is 29.6 Å². The zero-order valence-corrected chi connectivity index (χ0v) is 12.4. The van der Waals surface area contributed by atoms with E-state index >= 15 is 0 Å². The summed E-state index contributed by atoms with van der Waals surface area (Å²) in [5.41, 5.74) is 1.35. The van der Waals surface area contributed by atoms with Crippen LogP contribution < -0.4 is 4.72 Å². The standard InChI is InChI=1S/C13H20F2N2OS/c1-9-6-5-7-10(16-9)8-11(12(14)15)17-19(18)13(2,3)4/h5-7,11-12,17H,8H2,1-4H3/t11-,19?/m0/s1. The van der Waals surface area contributed by atoms with Gasteiger partial charge in [-0.3, -0.25) is 4.98 Å². The number of hydrogen-bond donors (Lipinski definition) is 1. The van der Waals surface area contributed by atoms with Crippen molar-refractivity contribution in [2.75, 3.05) is 0 Å². The molecule has 1 rings (SSSR count). The van der Waals surface area contributed by atoms with Gasteiger partial charge in [0.2, 0.25) is 0 Å². The Balaban J connectivity index is 2.77. The van der Waals surface area contributed by atoms with Crippen LogP contribution in [0.2, 0.25) is 0 Å². The summed E-state index contributed by atoms with van der Waals surface area (Å²) in [5, 5.41) is 0. The second-order valence-corrected chi connectivity index (χ2v) is 7.41. The average Bonchev–Trinajstić information content (AvgIpc) is 2.26. The Morgan fingerprint density at radius 1 is 1.37 bits per heavy atom. The summed E-state index contributed by atoms with van der Waals surface area (Å²) in [7, 11) is -1.52. The van der Waals surface area contributed by atoms with Crippen molar-refractivity contribution in [2.24, 2.45) is 0 Å². The zero-order chi connectivity index (χ0) is 14.6. The molecule has 1 heterocycles. The highest BCUT2D eigenvalue weighted by Gasteiger charge is 2.28. The third kappa shape index (κ3) is 5.32. The van der Waals surface area contributed by atoms with Crippen LogP contribution in [0.15, 0.2) is 18.2 Å². The lowest BCUT2D eigenvalue weighted by atomic mass is 10.1. The minimum absolute atomic E-state index is 0.0567. The molecular formula is C13H20F2N2OS. The predicted octanol–water partition coefficient (Wildman–Crippen LogP) is 2.62. The molecule has 0 aliphatic heterocycles. The van der Waals surface area contributed by atoms with Gasteiger partial charge >= 0.3 is 0 Å². The number of hydrogen-bond acceptors (Lipinski definition) is 2. The normalized spacial score (nSPS) is 15.5. The topological polar surface area (TPSA) is 42.0 Å². The van der Waals surface area contributed by atoms with E-state index < -0.39 is 28.2 Å². The Morgan fingerprint density at radius 3 is 2.47 bits per heavy atom. The second kappa shape index (κ2) is 6.52. The molecule has 3 nitrogen and oxygen atoms in total. The van der Waals surface area contributed by atoms with Crippen molar-refractivity contribution >= 4 is 11.0 Å². The summed E-state index contributed by atoms with van der Waals surface area (Å²) in [4.78, 5) is 4.19. The van der Waals surface area contributed by atoms with Gasteiger partial charge in [0.05, 0.1) is 21.8 Å². The zero-order valence-electron chi connectivity index (χ0n) is 11.6. The minimum atomic E-state index is -2.59. The van der Waals surface area contributed by atoms with Gasteiger partial charge < -0.3 is 0 Å². The molecule has 1 aromatic rings. The SMILES string of the molecule is Cc1cccc(C[C@H](NS(=O)C(C)(C)C)C(F)F)n1. The van der Waals surface area contributed by atoms with Crippen LogP contribution in [0.1, 0.15) is 32.2 Å². The molecule has 108 valence electrons. The van der Waals surface area contributed by atoms with Crippen LogP contribution >= 0.6 is 0 Å². The first-order chi connectivity index (χ1) is 8.70. The molecule has 1 N–H and O–H groups in total. The highest BCUT2D eigenvalue weighted by molar-refractivity contribution is 7.84. The fraction of sp³-hybridized carbons (Fsp3) is 0.615. The maximum atomic E-state index is 13.0. The molecule has 6 heteroatoms. The number of alkyl halides is 2. The smallest absolute Gasteiger partial charge is 0.255 e. The molecule has 0 bridgehead atoms. The van der Waals surface area contributed by atoms with Gasteiger partial charge in [0.1, 0.15) is 0 Å². The average molecular weight is 290 g/mol. The van der Waals surface area contributed by atoms with Crippen LogP contribution in [0.3, 0.4) is 0 Å². The molecule has 1 aromatic heterocycles. The van der Waals surface area contributed by atoms with Gasteiger partial charge in [0.15, 0.2) is 0 Å². The molecule has 0 fully saturated rings. The Hall–Kier alpha value is -0.880. The van der Waals surface area contributed by atoms with E-state index in [0.717, 1.165) is 5.69 Å². The highest BCUT2D eigenvalue weighted by Crippen LogP contribution is 2.14. The van der Waals surface area contributed by atoms with Gasteiger partial charge in [-0.25, -0.2) is 17.7 Å². The number of aryl methyl sites for hydroxylation is 1. The molecule has 0 saturated heterocycles. The fourth-order valence-electron chi connectivity index (χ4n) is 1.43. The molecule has 0 radical (unpaired) electrons. The minimum Gasteiger partial charge on any atom is -0.258 e. The van der Waals surface area contributed by atoms with E-state index in [-0.39, 0.29) is 6.42 Å². The highest BCUT2D eigenvalue weighted by atomic mass is 32.2. The van der Waals surface area contributed by atoms with E-state index in [1.807, 2.05) is 13.0 Å². The number of nitrogens with zero attached hydrogens (tertiary/aromatic N) is 1. The molecule has 1 unspecified atom stereocenters. The van der Waals surface area contributed by atoms with Crippen LogP contribution in [0.5, 0.6) is 0 Å². The fourth-order valence-corrected chi connectivity index (χ4v) is 2.25. The lowest BCUT2D eigenvalue weighted by Crippen LogP contribution is -2.44. The maximum Gasteiger partial charge on any atom is 0.255 e. The van der Waals surface area contributed by atoms with Gasteiger partial charge in [0.25, 0.3) is 6.43 Å². The van der Waals surface area contributed by atoms with E-state index in [2.05, 4.69) is 9.71 Å². The molecule has 0 spiro atoms. The summed E-state index contributed by atoms with van der Waals surface area (Å²) in [6.45, 7) is 7.03. The van der Waals surface area contributed by atoms with Crippen molar-refractivity contribution in [2.45, 2.75) is 51.3 Å². The van der Waals surface area contributed by atoms with Crippen LogP contribution in [0.25, 0.3) is 0 Å². The van der Waals surface area contributed by atoms with Crippen LogP contribution in [-0.2, 0) is 17.4 Å². The lowest BCUT2D eigenvalue weighted by molar-refractivity contribution is 0.109. The Labute approximate surface area is 115 Å². The van der Waals surface area contributed by atoms with Crippen LogP contribution in [0, 0.1) is 6.92 Å². The molecular weight excluding hydrogens is 270 g/mol. The Bertz CT molecular complexity index is 447. The first kappa shape index (κ1) is 16.2. The van der Waals surface area contributed by atoms with Crippen molar-refractivity contribution in [1.82, 2.24) is 9.71 Å². The second-order valence-electron chi connectivity index (χ2n) is 5.41. The lowest BCUT2D eigenvalue weighted by Gasteiger charge is -2.23. The summed E-state index contributed by atoms with van der Waals surface area (Å²) in [6, 6.07) is 4.13. The maximum absolute atomic E-state index is 13.0. The quantitative estimate of drug-likeness (QED) is 0.905. The summed E-state index contributed by atoms with van der Waals surface area (Å²) in [6.07, 6.45) is -2.53. The number of rotatable bonds is 5. The van der Waals surface area contributed by atoms with Crippen molar-refractivity contribution in [3.63, 3.8) is 0 Å². The van der Waals surface area contributed by atoms with Gasteiger partial charge in [-0.05, 0) is 39.8 Å². The van der Waals surface area contributed by atoms with E-state index in [1.165, 1.54) is 0 Å². The number of halogens is 2. The van der Waals surface area contributed by atoms with E-state index in [4.69, 9.17) is 0 Å². The summed E-state index contributed by atoms with van der Waals surface area (Å²) >= 11 is 0. The van der Waals surface area contributed by atoms with E-state index in [0.29, 0.717) is 5.69 Å². The van der Waals surface area contributed by atoms with E-state index in [9.17, 15) is 13.0 Å². The molecule has 0 aliphatic carbocycles. The molecule has 2 atom stereocenters. The van der Waals surface area contributed by atoms with E-state index in [1.54, 1.807) is 32.9 Å². The summed E-state index contributed by atoms with van der Waals surface area (Å²) < 4.78 is 39.8. The number of nitrogens with one attached hydrogen (secondary N) is 1. The molecule has 0 amide bonds. The molecule has 0 saturated carbocycles. The third-order valence-corrected chi connectivity index (χ3v) is 4.12. The Kier molecular flexibility index (Phi) is 5.55. The molecule has 19 heavy (non-hydrogen) atoms. The first-order valence-electron chi connectivity index (χ1n) is 6.09. The van der Waals surface area contributed by atoms with Gasteiger partial charge in [-0.1, -0.05) is 6.07 Å². The summed E-state index contributed by atoms with van der Waals surface area (Å²) in [5.74, 6) is 0. The Morgan fingerprint density at radius 2 is 2.00 bits per heavy atom. The van der Waals surface area contributed by atoms with Crippen LogP contribution in [0.4, 0.5) is 8.78 Å². The monoisotopic (exact) mass is 290 g/mol. The van der Waals surface area contributed by atoms with Crippen molar-refractivity contribution < 1.29 is 13.0 Å². The molecule has 0 aromatic carbocycles. The van der Waals surface area contributed by atoms with Crippen molar-refractivity contribution in [3.8, 4) is 0 Å². The van der Waals surface area contributed by atoms with Crippen molar-refractivity contribution in [1.29, 1.82) is 0 Å². The van der Waals surface area contributed by atoms with Crippen LogP contribution in [-0.4, -0.2) is 26.4 Å². The van der Waals surface area contributed by atoms with Gasteiger partial charge in [-0.15, -0.1) is 0 Å². The van der Waals surface area contributed by atoms with Gasteiger partial charge in [0, 0.05) is 17.8 Å². The predicted molar refractivity (Wildman–Crippen MR) is 73.5 cm³/mol. The number of pyridine rings is 1. The largest absolute Gasteiger partial charge is 0.258 e.